The smallest absolute Gasteiger partial charge is 0.236 e. The monoisotopic (exact) mass is 1490 g/mol. The molecule has 11 rings (SSSR count). The minimum atomic E-state index is -0.581. The molecule has 0 aliphatic carbocycles. The number of nitrogens with zero attached hydrogens (tertiary/aromatic N) is 3. The third-order valence-corrected chi connectivity index (χ3v) is 18.0. The second kappa shape index (κ2) is 50.7. The lowest BCUT2D eigenvalue weighted by Gasteiger charge is -2.35. The average Bonchev–Trinajstić information content (AvgIpc) is 1.72. The van der Waals surface area contributed by atoms with Gasteiger partial charge in [-0.2, -0.15) is 0 Å². The Morgan fingerprint density at radius 3 is 1.15 bits per heavy atom. The van der Waals surface area contributed by atoms with Crippen LogP contribution >= 0.6 is 34.8 Å². The Hall–Kier alpha value is -7.63. The fourth-order valence-corrected chi connectivity index (χ4v) is 11.1. The van der Waals surface area contributed by atoms with Crippen LogP contribution in [0.4, 0.5) is 5.69 Å². The van der Waals surface area contributed by atoms with E-state index in [2.05, 4.69) is 88.7 Å². The molecule has 0 radical (unpaired) electrons. The van der Waals surface area contributed by atoms with Crippen molar-refractivity contribution in [2.45, 2.75) is 86.9 Å². The fourth-order valence-electron chi connectivity index (χ4n) is 11.1. The lowest BCUT2D eigenvalue weighted by molar-refractivity contribution is -0.120. The molecule has 4 fully saturated rings. The van der Waals surface area contributed by atoms with Crippen LogP contribution in [0.3, 0.4) is 0 Å². The Morgan fingerprint density at radius 2 is 0.808 bits per heavy atom. The number of piperazine rings is 3. The summed E-state index contributed by atoms with van der Waals surface area (Å²) in [5.41, 5.74) is 19.5. The molecule has 0 spiro atoms. The number of nitrogens with one attached hydrogen (secondary N) is 3. The molecular formula is C82H112Cl3N7O12. The number of anilines is 1. The molecule has 568 valence electrons. The highest BCUT2D eigenvalue weighted by Gasteiger charge is 2.24. The third-order valence-electron chi connectivity index (χ3n) is 17.2. The van der Waals surface area contributed by atoms with E-state index in [1.807, 2.05) is 119 Å². The van der Waals surface area contributed by atoms with Gasteiger partial charge in [0.15, 0.2) is 51.8 Å². The van der Waals surface area contributed by atoms with Crippen molar-refractivity contribution >= 4 is 63.1 Å². The van der Waals surface area contributed by atoms with E-state index in [1.54, 1.807) is 38.5 Å². The van der Waals surface area contributed by atoms with Gasteiger partial charge >= 0.3 is 0 Å². The minimum Gasteiger partial charge on any atom is -0.504 e. The number of aliphatic hydroxyl groups excluding tert-OH is 1. The van der Waals surface area contributed by atoms with Gasteiger partial charge in [0.25, 0.3) is 0 Å². The molecule has 104 heavy (non-hydrogen) atoms. The van der Waals surface area contributed by atoms with Crippen LogP contribution in [0.15, 0.2) is 146 Å². The lowest BCUT2D eigenvalue weighted by atomic mass is 9.98. The number of para-hydroxylation sites is 7. The molecule has 4 aliphatic heterocycles. The molecule has 7 aromatic carbocycles. The van der Waals surface area contributed by atoms with Crippen LogP contribution in [0.2, 0.25) is 0 Å². The van der Waals surface area contributed by atoms with Gasteiger partial charge in [-0.1, -0.05) is 109 Å². The number of aliphatic hydroxyl groups is 1. The predicted octanol–water partition coefficient (Wildman–Crippen LogP) is 11.4. The van der Waals surface area contributed by atoms with Crippen LogP contribution in [0.5, 0.6) is 34.5 Å². The van der Waals surface area contributed by atoms with Crippen LogP contribution in [0, 0.1) is 55.4 Å². The summed E-state index contributed by atoms with van der Waals surface area (Å²) in [6.45, 7) is 31.5. The first-order valence-electron chi connectivity index (χ1n) is 35.3. The summed E-state index contributed by atoms with van der Waals surface area (Å²) in [4.78, 5) is 52.0. The molecule has 4 aliphatic rings. The van der Waals surface area contributed by atoms with Gasteiger partial charge < -0.3 is 60.3 Å². The van der Waals surface area contributed by atoms with E-state index in [4.69, 9.17) is 74.1 Å². The number of halogens is 3. The van der Waals surface area contributed by atoms with E-state index in [0.717, 1.165) is 125 Å². The number of alkyl halides is 2. The molecule has 2 atom stereocenters. The Morgan fingerprint density at radius 1 is 0.471 bits per heavy atom. The molecular weight excluding hydrogens is 1380 g/mol. The van der Waals surface area contributed by atoms with Crippen molar-refractivity contribution < 1.29 is 57.8 Å². The maximum atomic E-state index is 12.6. The normalized spacial score (nSPS) is 14.8. The number of ether oxygens (including phenoxy) is 6. The number of phenolic OH excluding ortho intramolecular Hbond substituents is 1. The van der Waals surface area contributed by atoms with Crippen molar-refractivity contribution in [2.75, 3.05) is 157 Å². The molecule has 0 amide bonds. The van der Waals surface area contributed by atoms with E-state index in [0.29, 0.717) is 68.5 Å². The van der Waals surface area contributed by atoms with Gasteiger partial charge in [-0.05, 0) is 165 Å². The maximum Gasteiger partial charge on any atom is 0.236 e. The summed E-state index contributed by atoms with van der Waals surface area (Å²) in [5, 5.41) is 28.6. The van der Waals surface area contributed by atoms with E-state index in [1.165, 1.54) is 46.1 Å². The number of nitrogen functional groups attached to an aromatic ring is 1. The zero-order valence-electron chi connectivity index (χ0n) is 62.8. The first-order valence-corrected chi connectivity index (χ1v) is 36.7. The number of carbonyl (C=O) groups is 4. The molecule has 7 aromatic rings. The number of ketones is 3. The second-order valence-electron chi connectivity index (χ2n) is 25.5. The molecule has 7 N–H and O–H groups in total. The summed E-state index contributed by atoms with van der Waals surface area (Å²) >= 11 is 15.0. The molecule has 2 unspecified atom stereocenters. The van der Waals surface area contributed by atoms with Crippen molar-refractivity contribution in [1.82, 2.24) is 30.7 Å². The number of β-amino-alcohol motifs (C(OH)–C–C–N with tert-alkyl or cyclic N) is 1. The highest BCUT2D eigenvalue weighted by atomic mass is 35.5. The number of carbonyl (C=O) groups excluding carboxylic acids is 4. The molecule has 4 heterocycles. The molecule has 19 nitrogen and oxygen atoms in total. The molecule has 22 heteroatoms. The van der Waals surface area contributed by atoms with Crippen LogP contribution < -0.4 is 45.4 Å². The topological polar surface area (TPSA) is 239 Å². The summed E-state index contributed by atoms with van der Waals surface area (Å²) in [5.74, 6) is 4.21. The van der Waals surface area contributed by atoms with Gasteiger partial charge in [0.1, 0.15) is 25.4 Å². The zero-order valence-corrected chi connectivity index (χ0v) is 65.1. The largest absolute Gasteiger partial charge is 0.504 e. The predicted molar refractivity (Wildman–Crippen MR) is 422 cm³/mol. The number of hydrogen-bond donors (Lipinski definition) is 6. The lowest BCUT2D eigenvalue weighted by Crippen LogP contribution is -2.50. The minimum absolute atomic E-state index is 0.0825. The summed E-state index contributed by atoms with van der Waals surface area (Å²) in [7, 11) is 4.76. The van der Waals surface area contributed by atoms with Gasteiger partial charge in [0, 0.05) is 110 Å². The molecule has 0 aromatic heterocycles. The standard InChI is InChI=1S/C25H34N2O4.C15H22N2O.C11H13ClO.C10H12O3.C8H11N.C7H8O2.C4H10N2.C2H2Cl2O/c1-19-7-6-8-20(2)23(19)15-21(28)16-26-11-13-27(14-12-26)17-22(29)18-31-25-10-5-4-9-24(25)30-3;1-12-4-3-5-13(2)15(12)10-14(18)11-17-8-6-16-7-9-17;1-8-4-3-5-9(2)11(8)6-10(13)7-12;1-11-9-4-2-3-5-10(9)13-7-8-6-12-8;1-6-4-3-5-7(2)8(6)9;1-9-7-5-3-2-4-6(7)8;1-2-6-4-3-5-1;3-1-2(4)5/h4-10,22,29H,11-18H2,1-3H3;3-5,16H,6-11H2,1-2H3;3-5H,6-7H2,1-2H3;2-5,8H,6-7H2,1H3;3-5H,9H2,1-2H3;2-5,8H,1H3;5-6H,1-4H2;1H2. The van der Waals surface area contributed by atoms with Gasteiger partial charge in [-0.25, -0.2) is 0 Å². The van der Waals surface area contributed by atoms with Crippen LogP contribution in [0.1, 0.15) is 61.2 Å². The number of hydrogen-bond acceptors (Lipinski definition) is 19. The van der Waals surface area contributed by atoms with E-state index in [-0.39, 0.29) is 41.8 Å². The first kappa shape index (κ1) is 88.8. The van der Waals surface area contributed by atoms with Crippen molar-refractivity contribution in [3.63, 3.8) is 0 Å². The molecule has 0 saturated carbocycles. The van der Waals surface area contributed by atoms with Gasteiger partial charge in [0.05, 0.1) is 52.8 Å². The summed E-state index contributed by atoms with van der Waals surface area (Å²) < 4.78 is 31.5. The highest BCUT2D eigenvalue weighted by molar-refractivity contribution is 6.67. The van der Waals surface area contributed by atoms with Crippen molar-refractivity contribution in [2.24, 2.45) is 0 Å². The van der Waals surface area contributed by atoms with Crippen molar-refractivity contribution in [3.8, 4) is 34.5 Å². The number of nitrogens with two attached hydrogens (primary N) is 1. The Labute approximate surface area is 632 Å². The average molecular weight is 1490 g/mol. The maximum absolute atomic E-state index is 12.6. The number of aryl methyl sites for hydroxylation is 8. The highest BCUT2D eigenvalue weighted by Crippen LogP contribution is 2.28. The number of phenols is 1. The number of epoxide rings is 1. The zero-order chi connectivity index (χ0) is 76.2. The van der Waals surface area contributed by atoms with Gasteiger partial charge in [0.2, 0.25) is 5.24 Å². The first-order chi connectivity index (χ1) is 50.0. The number of Topliss-reactive ketones (excluding diaryl/α,β-unsaturated/α-hetero) is 3. The number of benzene rings is 7. The number of methoxy groups -OCH3 is 3. The van der Waals surface area contributed by atoms with E-state index < -0.39 is 11.3 Å². The van der Waals surface area contributed by atoms with Crippen LogP contribution in [-0.4, -0.2) is 211 Å². The third kappa shape index (κ3) is 35.4. The second-order valence-corrected chi connectivity index (χ2v) is 26.4. The number of aromatic hydroxyl groups is 1. The summed E-state index contributed by atoms with van der Waals surface area (Å²) in [6.07, 6.45) is 1.23. The Balaban J connectivity index is 0.000000270. The molecule has 0 bridgehead atoms. The van der Waals surface area contributed by atoms with Crippen LogP contribution in [-0.2, 0) is 43.2 Å². The Bertz CT molecular complexity index is 3560. The van der Waals surface area contributed by atoms with Crippen molar-refractivity contribution in [1.29, 1.82) is 0 Å². The van der Waals surface area contributed by atoms with Crippen LogP contribution in [0.25, 0.3) is 0 Å². The quantitative estimate of drug-likeness (QED) is 0.0151. The Kier molecular flexibility index (Phi) is 43.3. The fraction of sp³-hybridized carbons (Fsp3) is 0.439. The van der Waals surface area contributed by atoms with Gasteiger partial charge in [-0.15, -0.1) is 23.2 Å². The number of rotatable bonds is 23. The molecule has 4 saturated heterocycles. The van der Waals surface area contributed by atoms with E-state index >= 15 is 0 Å². The van der Waals surface area contributed by atoms with Gasteiger partial charge in [-0.3, -0.25) is 33.9 Å². The van der Waals surface area contributed by atoms with Crippen molar-refractivity contribution in [3.05, 3.63) is 207 Å². The SMILES string of the molecule is C1CNCCN1.COc1ccccc1O.COc1ccccc1OCC(O)CN1CCN(CC(=O)Cc2c(C)cccc2C)CC1.COc1ccccc1OCC1CO1.Cc1cccc(C)c1CC(=O)CCl.Cc1cccc(C)c1CC(=O)CN1CCNCC1.Cc1cccc(C)c1N.O=C(Cl)CCl. The van der Waals surface area contributed by atoms with E-state index in [9.17, 15) is 24.3 Å². The summed E-state index contributed by atoms with van der Waals surface area (Å²) in [6, 6.07) is 46.3.